The lowest BCUT2D eigenvalue weighted by Crippen LogP contribution is -2.36. The Morgan fingerprint density at radius 2 is 1.82 bits per heavy atom. The standard InChI is InChI=1S/C20H31F3N2O3/c1-24(15-20(21,22)23)12-16-7-8-18(27-2)19(11-16)28-14-17(26)13-25-9-5-3-4-6-10-25/h7-8,11,17,26H,3-6,9-10,12-15H2,1-2H3. The summed E-state index contributed by atoms with van der Waals surface area (Å²) in [6.07, 6.45) is -0.118. The van der Waals surface area contributed by atoms with Gasteiger partial charge in [0.1, 0.15) is 12.7 Å². The van der Waals surface area contributed by atoms with Crippen LogP contribution in [0.4, 0.5) is 13.2 Å². The van der Waals surface area contributed by atoms with Gasteiger partial charge in [0.15, 0.2) is 11.5 Å². The smallest absolute Gasteiger partial charge is 0.401 e. The molecule has 1 aromatic rings. The van der Waals surface area contributed by atoms with Gasteiger partial charge in [-0.2, -0.15) is 13.2 Å². The summed E-state index contributed by atoms with van der Waals surface area (Å²) in [7, 11) is 2.93. The van der Waals surface area contributed by atoms with E-state index in [0.717, 1.165) is 25.9 Å². The van der Waals surface area contributed by atoms with E-state index in [9.17, 15) is 18.3 Å². The molecule has 0 bridgehead atoms. The number of methoxy groups -OCH3 is 1. The van der Waals surface area contributed by atoms with Crippen molar-refractivity contribution < 1.29 is 27.8 Å². The van der Waals surface area contributed by atoms with Crippen LogP contribution in [0.25, 0.3) is 0 Å². The maximum atomic E-state index is 12.5. The Hall–Kier alpha value is -1.51. The summed E-state index contributed by atoms with van der Waals surface area (Å²) < 4.78 is 48.6. The molecule has 1 aliphatic heterocycles. The lowest BCUT2D eigenvalue weighted by Gasteiger charge is -2.23. The molecule has 1 fully saturated rings. The van der Waals surface area contributed by atoms with Gasteiger partial charge in [-0.05, 0) is 50.7 Å². The summed E-state index contributed by atoms with van der Waals surface area (Å²) in [5, 5.41) is 10.3. The van der Waals surface area contributed by atoms with E-state index >= 15 is 0 Å². The molecule has 0 aromatic heterocycles. The third-order valence-corrected chi connectivity index (χ3v) is 4.73. The van der Waals surface area contributed by atoms with Crippen molar-refractivity contribution in [3.8, 4) is 11.5 Å². The molecule has 0 amide bonds. The van der Waals surface area contributed by atoms with Crippen LogP contribution in [0.1, 0.15) is 31.2 Å². The second-order valence-electron chi connectivity index (χ2n) is 7.45. The average Bonchev–Trinajstić information content (AvgIpc) is 2.87. The maximum Gasteiger partial charge on any atom is 0.401 e. The minimum Gasteiger partial charge on any atom is -0.493 e. The Balaban J connectivity index is 1.91. The van der Waals surface area contributed by atoms with Gasteiger partial charge in [-0.1, -0.05) is 18.9 Å². The average molecular weight is 404 g/mol. The molecule has 2 rings (SSSR count). The van der Waals surface area contributed by atoms with E-state index in [2.05, 4.69) is 4.90 Å². The summed E-state index contributed by atoms with van der Waals surface area (Å²) in [5.74, 6) is 0.916. The van der Waals surface area contributed by atoms with Gasteiger partial charge in [-0.15, -0.1) is 0 Å². The van der Waals surface area contributed by atoms with Crippen molar-refractivity contribution in [2.24, 2.45) is 0 Å². The molecular weight excluding hydrogens is 373 g/mol. The topological polar surface area (TPSA) is 45.2 Å². The zero-order valence-electron chi connectivity index (χ0n) is 16.7. The molecule has 1 saturated heterocycles. The monoisotopic (exact) mass is 404 g/mol. The first-order valence-electron chi connectivity index (χ1n) is 9.72. The highest BCUT2D eigenvalue weighted by molar-refractivity contribution is 5.43. The fraction of sp³-hybridized carbons (Fsp3) is 0.700. The number of likely N-dealkylation sites (tertiary alicyclic amines) is 1. The van der Waals surface area contributed by atoms with Gasteiger partial charge >= 0.3 is 6.18 Å². The molecule has 8 heteroatoms. The van der Waals surface area contributed by atoms with Crippen LogP contribution in [0.5, 0.6) is 11.5 Å². The Morgan fingerprint density at radius 3 is 2.43 bits per heavy atom. The van der Waals surface area contributed by atoms with E-state index in [0.29, 0.717) is 23.6 Å². The van der Waals surface area contributed by atoms with Gasteiger partial charge in [0, 0.05) is 13.1 Å². The molecule has 0 aliphatic carbocycles. The predicted molar refractivity (Wildman–Crippen MR) is 102 cm³/mol. The molecule has 1 unspecified atom stereocenters. The first-order valence-corrected chi connectivity index (χ1v) is 9.72. The number of benzene rings is 1. The molecule has 1 aromatic carbocycles. The highest BCUT2D eigenvalue weighted by Crippen LogP contribution is 2.29. The van der Waals surface area contributed by atoms with Gasteiger partial charge in [0.2, 0.25) is 0 Å². The molecule has 1 N–H and O–H groups in total. The minimum atomic E-state index is -4.24. The van der Waals surface area contributed by atoms with Crippen molar-refractivity contribution in [1.82, 2.24) is 9.80 Å². The van der Waals surface area contributed by atoms with Crippen LogP contribution >= 0.6 is 0 Å². The van der Waals surface area contributed by atoms with Crippen LogP contribution in [0.3, 0.4) is 0 Å². The van der Waals surface area contributed by atoms with Crippen molar-refractivity contribution in [2.75, 3.05) is 46.9 Å². The zero-order chi connectivity index (χ0) is 20.6. The minimum absolute atomic E-state index is 0.106. The van der Waals surface area contributed by atoms with Crippen LogP contribution in [0, 0.1) is 0 Å². The molecule has 160 valence electrons. The molecular formula is C20H31F3N2O3. The van der Waals surface area contributed by atoms with E-state index in [1.54, 1.807) is 18.2 Å². The van der Waals surface area contributed by atoms with Crippen LogP contribution in [-0.2, 0) is 6.54 Å². The predicted octanol–water partition coefficient (Wildman–Crippen LogP) is 3.31. The SMILES string of the molecule is COc1ccc(CN(C)CC(F)(F)F)cc1OCC(O)CN1CCCCCC1. The molecule has 1 atom stereocenters. The molecule has 0 radical (unpaired) electrons. The quantitative estimate of drug-likeness (QED) is 0.684. The molecule has 28 heavy (non-hydrogen) atoms. The number of hydrogen-bond donors (Lipinski definition) is 1. The fourth-order valence-electron chi connectivity index (χ4n) is 3.46. The number of alkyl halides is 3. The highest BCUT2D eigenvalue weighted by Gasteiger charge is 2.29. The first kappa shape index (κ1) is 22.8. The molecule has 5 nitrogen and oxygen atoms in total. The van der Waals surface area contributed by atoms with E-state index in [-0.39, 0.29) is 13.2 Å². The second-order valence-corrected chi connectivity index (χ2v) is 7.45. The molecule has 1 heterocycles. The lowest BCUT2D eigenvalue weighted by atomic mass is 10.2. The largest absolute Gasteiger partial charge is 0.493 e. The molecule has 0 spiro atoms. The Bertz CT molecular complexity index is 591. The summed E-state index contributed by atoms with van der Waals surface area (Å²) >= 11 is 0. The number of β-amino-alcohol motifs (C(OH)–C–C–N with tert-alkyl or cyclic N) is 1. The van der Waals surface area contributed by atoms with Gasteiger partial charge in [0.25, 0.3) is 0 Å². The lowest BCUT2D eigenvalue weighted by molar-refractivity contribution is -0.144. The van der Waals surface area contributed by atoms with Crippen LogP contribution in [-0.4, -0.2) is 74.1 Å². The summed E-state index contributed by atoms with van der Waals surface area (Å²) in [6, 6.07) is 5.06. The van der Waals surface area contributed by atoms with E-state index in [4.69, 9.17) is 9.47 Å². The Morgan fingerprint density at radius 1 is 1.14 bits per heavy atom. The number of hydrogen-bond acceptors (Lipinski definition) is 5. The van der Waals surface area contributed by atoms with Gasteiger partial charge in [-0.25, -0.2) is 0 Å². The number of aliphatic hydroxyl groups is 1. The van der Waals surface area contributed by atoms with E-state index < -0.39 is 18.8 Å². The zero-order valence-corrected chi connectivity index (χ0v) is 16.7. The number of aliphatic hydroxyl groups excluding tert-OH is 1. The number of nitrogens with zero attached hydrogens (tertiary/aromatic N) is 2. The third kappa shape index (κ3) is 8.24. The summed E-state index contributed by atoms with van der Waals surface area (Å²) in [6.45, 7) is 1.79. The van der Waals surface area contributed by atoms with Crippen LogP contribution in [0.2, 0.25) is 0 Å². The summed E-state index contributed by atoms with van der Waals surface area (Å²) in [4.78, 5) is 3.44. The van der Waals surface area contributed by atoms with Gasteiger partial charge in [-0.3, -0.25) is 4.90 Å². The van der Waals surface area contributed by atoms with Crippen molar-refractivity contribution in [1.29, 1.82) is 0 Å². The Labute approximate surface area is 165 Å². The van der Waals surface area contributed by atoms with Crippen molar-refractivity contribution in [2.45, 2.75) is 44.5 Å². The maximum absolute atomic E-state index is 12.5. The first-order chi connectivity index (χ1) is 13.3. The molecule has 1 aliphatic rings. The van der Waals surface area contributed by atoms with Crippen LogP contribution < -0.4 is 9.47 Å². The van der Waals surface area contributed by atoms with E-state index in [1.165, 1.54) is 31.9 Å². The van der Waals surface area contributed by atoms with Crippen molar-refractivity contribution in [3.63, 3.8) is 0 Å². The van der Waals surface area contributed by atoms with E-state index in [1.807, 2.05) is 0 Å². The Kier molecular flexibility index (Phi) is 8.85. The number of rotatable bonds is 9. The van der Waals surface area contributed by atoms with Crippen molar-refractivity contribution in [3.05, 3.63) is 23.8 Å². The number of halogens is 3. The molecule has 0 saturated carbocycles. The summed E-state index contributed by atoms with van der Waals surface area (Å²) in [5.41, 5.74) is 0.685. The third-order valence-electron chi connectivity index (χ3n) is 4.73. The highest BCUT2D eigenvalue weighted by atomic mass is 19.4. The van der Waals surface area contributed by atoms with Crippen molar-refractivity contribution >= 4 is 0 Å². The van der Waals surface area contributed by atoms with Gasteiger partial charge in [0.05, 0.1) is 13.7 Å². The second kappa shape index (κ2) is 10.9. The number of ether oxygens (including phenoxy) is 2. The van der Waals surface area contributed by atoms with Gasteiger partial charge < -0.3 is 19.5 Å². The fourth-order valence-corrected chi connectivity index (χ4v) is 3.46. The normalized spacial score (nSPS) is 17.4. The van der Waals surface area contributed by atoms with Crippen LogP contribution in [0.15, 0.2) is 18.2 Å².